The van der Waals surface area contributed by atoms with Crippen molar-refractivity contribution in [3.05, 3.63) is 42.0 Å². The van der Waals surface area contributed by atoms with Crippen LogP contribution >= 0.6 is 0 Å². The Balaban J connectivity index is 2.16. The molecule has 0 N–H and O–H groups in total. The van der Waals surface area contributed by atoms with Crippen molar-refractivity contribution in [1.29, 1.82) is 0 Å². The zero-order chi connectivity index (χ0) is 9.76. The fourth-order valence-corrected chi connectivity index (χ4v) is 2.58. The van der Waals surface area contributed by atoms with Crippen LogP contribution in [0.25, 0.3) is 0 Å². The Morgan fingerprint density at radius 1 is 1.21 bits per heavy atom. The maximum absolute atomic E-state index is 6.07. The first-order chi connectivity index (χ1) is 6.72. The van der Waals surface area contributed by atoms with Gasteiger partial charge in [0.2, 0.25) is 0 Å². The zero-order valence-electron chi connectivity index (χ0n) is 8.53. The Labute approximate surface area is 84.4 Å². The van der Waals surface area contributed by atoms with Crippen LogP contribution in [0.4, 0.5) is 0 Å². The van der Waals surface area contributed by atoms with Gasteiger partial charge in [-0.1, -0.05) is 37.3 Å². The van der Waals surface area contributed by atoms with Gasteiger partial charge in [0, 0.05) is 17.4 Å². The number of benzene rings is 1. The summed E-state index contributed by atoms with van der Waals surface area (Å²) in [7, 11) is 0. The minimum atomic E-state index is -0.0380. The van der Waals surface area contributed by atoms with E-state index >= 15 is 0 Å². The van der Waals surface area contributed by atoms with E-state index in [0.717, 1.165) is 5.75 Å². The van der Waals surface area contributed by atoms with E-state index in [-0.39, 0.29) is 5.60 Å². The molecule has 3 rings (SSSR count). The van der Waals surface area contributed by atoms with Gasteiger partial charge >= 0.3 is 0 Å². The van der Waals surface area contributed by atoms with E-state index in [0.29, 0.717) is 11.8 Å². The normalized spacial score (nSPS) is 37.9. The van der Waals surface area contributed by atoms with Gasteiger partial charge in [-0.25, -0.2) is 0 Å². The number of fused-ring (bicyclic) bond motifs is 3. The van der Waals surface area contributed by atoms with Gasteiger partial charge < -0.3 is 4.74 Å². The number of para-hydroxylation sites is 1. The monoisotopic (exact) mass is 186 g/mol. The van der Waals surface area contributed by atoms with E-state index in [9.17, 15) is 0 Å². The minimum absolute atomic E-state index is 0.0380. The Bertz CT molecular complexity index is 407. The summed E-state index contributed by atoms with van der Waals surface area (Å²) < 4.78 is 6.07. The average Bonchev–Trinajstić information content (AvgIpc) is 2.61. The molecule has 0 radical (unpaired) electrons. The lowest BCUT2D eigenvalue weighted by atomic mass is 9.84. The third-order valence-electron chi connectivity index (χ3n) is 3.70. The highest BCUT2D eigenvalue weighted by Crippen LogP contribution is 2.52. The van der Waals surface area contributed by atoms with Crippen LogP contribution in [0, 0.1) is 5.92 Å². The van der Waals surface area contributed by atoms with Crippen molar-refractivity contribution < 1.29 is 4.74 Å². The third-order valence-corrected chi connectivity index (χ3v) is 3.70. The first-order valence-electron chi connectivity index (χ1n) is 5.18. The summed E-state index contributed by atoms with van der Waals surface area (Å²) in [5.41, 5.74) is 1.31. The van der Waals surface area contributed by atoms with Crippen LogP contribution in [0.1, 0.15) is 25.3 Å². The second-order valence-corrected chi connectivity index (χ2v) is 4.47. The van der Waals surface area contributed by atoms with E-state index in [1.165, 1.54) is 5.56 Å². The molecule has 0 aromatic heterocycles. The highest BCUT2D eigenvalue weighted by atomic mass is 16.5. The molecule has 3 atom stereocenters. The number of ether oxygens (including phenoxy) is 1. The van der Waals surface area contributed by atoms with Gasteiger partial charge in [0.05, 0.1) is 0 Å². The van der Waals surface area contributed by atoms with Gasteiger partial charge in [-0.05, 0) is 13.0 Å². The van der Waals surface area contributed by atoms with Crippen LogP contribution in [0.5, 0.6) is 5.75 Å². The van der Waals surface area contributed by atoms with E-state index in [4.69, 9.17) is 4.74 Å². The molecule has 0 bridgehead atoms. The molecule has 1 heterocycles. The van der Waals surface area contributed by atoms with Crippen molar-refractivity contribution in [3.8, 4) is 5.75 Å². The van der Waals surface area contributed by atoms with Crippen molar-refractivity contribution >= 4 is 0 Å². The lowest BCUT2D eigenvalue weighted by Crippen LogP contribution is -2.36. The van der Waals surface area contributed by atoms with Crippen molar-refractivity contribution in [3.63, 3.8) is 0 Å². The second-order valence-electron chi connectivity index (χ2n) is 4.47. The summed E-state index contributed by atoms with van der Waals surface area (Å²) in [5, 5.41) is 0. The highest BCUT2D eigenvalue weighted by molar-refractivity contribution is 5.48. The standard InChI is InChI=1S/C13H14O/c1-9-7-8-11-10-5-3-4-6-12(10)14-13(9,11)2/h3-9,11H,1-2H3/t9-,11+,13-/m0/s1. The first kappa shape index (κ1) is 8.10. The van der Waals surface area contributed by atoms with E-state index in [1.807, 2.05) is 6.07 Å². The molecular weight excluding hydrogens is 172 g/mol. The Morgan fingerprint density at radius 3 is 2.86 bits per heavy atom. The largest absolute Gasteiger partial charge is 0.486 e. The predicted molar refractivity (Wildman–Crippen MR) is 56.5 cm³/mol. The maximum atomic E-state index is 6.07. The lowest BCUT2D eigenvalue weighted by Gasteiger charge is -2.28. The van der Waals surface area contributed by atoms with Gasteiger partial charge in [0.25, 0.3) is 0 Å². The van der Waals surface area contributed by atoms with Crippen molar-refractivity contribution in [2.24, 2.45) is 5.92 Å². The van der Waals surface area contributed by atoms with Crippen LogP contribution in [-0.4, -0.2) is 5.60 Å². The molecule has 1 aliphatic carbocycles. The van der Waals surface area contributed by atoms with Gasteiger partial charge in [-0.2, -0.15) is 0 Å². The average molecular weight is 186 g/mol. The Kier molecular flexibility index (Phi) is 1.40. The number of hydrogen-bond donors (Lipinski definition) is 0. The molecule has 1 aliphatic heterocycles. The van der Waals surface area contributed by atoms with Crippen LogP contribution < -0.4 is 4.74 Å². The minimum Gasteiger partial charge on any atom is -0.486 e. The molecule has 1 heteroatoms. The fraction of sp³-hybridized carbons (Fsp3) is 0.385. The highest BCUT2D eigenvalue weighted by Gasteiger charge is 2.49. The fourth-order valence-electron chi connectivity index (χ4n) is 2.58. The molecular formula is C13H14O. The second kappa shape index (κ2) is 2.41. The van der Waals surface area contributed by atoms with Crippen molar-refractivity contribution in [2.75, 3.05) is 0 Å². The Hall–Kier alpha value is -1.24. The molecule has 14 heavy (non-hydrogen) atoms. The third kappa shape index (κ3) is 0.802. The Morgan fingerprint density at radius 2 is 2.00 bits per heavy atom. The molecule has 0 spiro atoms. The van der Waals surface area contributed by atoms with Gasteiger partial charge in [-0.15, -0.1) is 0 Å². The summed E-state index contributed by atoms with van der Waals surface area (Å²) in [6.07, 6.45) is 4.55. The van der Waals surface area contributed by atoms with Gasteiger partial charge in [0.1, 0.15) is 11.4 Å². The summed E-state index contributed by atoms with van der Waals surface area (Å²) in [6.45, 7) is 4.44. The molecule has 0 unspecified atom stereocenters. The number of hydrogen-bond acceptors (Lipinski definition) is 1. The zero-order valence-corrected chi connectivity index (χ0v) is 8.53. The molecule has 0 fully saturated rings. The van der Waals surface area contributed by atoms with E-state index < -0.39 is 0 Å². The van der Waals surface area contributed by atoms with Crippen LogP contribution in [-0.2, 0) is 0 Å². The van der Waals surface area contributed by atoms with Crippen molar-refractivity contribution in [1.82, 2.24) is 0 Å². The summed E-state index contributed by atoms with van der Waals surface area (Å²) in [4.78, 5) is 0. The predicted octanol–water partition coefficient (Wildman–Crippen LogP) is 3.13. The smallest absolute Gasteiger partial charge is 0.124 e. The van der Waals surface area contributed by atoms with Crippen LogP contribution in [0.2, 0.25) is 0 Å². The molecule has 1 aromatic rings. The molecule has 0 amide bonds. The van der Waals surface area contributed by atoms with Crippen LogP contribution in [0.15, 0.2) is 36.4 Å². The molecule has 0 saturated carbocycles. The van der Waals surface area contributed by atoms with Gasteiger partial charge in [-0.3, -0.25) is 0 Å². The summed E-state index contributed by atoms with van der Waals surface area (Å²) in [5.74, 6) is 2.02. The van der Waals surface area contributed by atoms with E-state index in [2.05, 4.69) is 44.2 Å². The molecule has 2 aliphatic rings. The van der Waals surface area contributed by atoms with Crippen LogP contribution in [0.3, 0.4) is 0 Å². The quantitative estimate of drug-likeness (QED) is 0.566. The summed E-state index contributed by atoms with van der Waals surface area (Å²) >= 11 is 0. The summed E-state index contributed by atoms with van der Waals surface area (Å²) in [6, 6.07) is 8.37. The topological polar surface area (TPSA) is 9.23 Å². The lowest BCUT2D eigenvalue weighted by molar-refractivity contribution is 0.0745. The molecule has 0 saturated heterocycles. The van der Waals surface area contributed by atoms with Crippen molar-refractivity contribution in [2.45, 2.75) is 25.4 Å². The maximum Gasteiger partial charge on any atom is 0.124 e. The number of rotatable bonds is 0. The molecule has 1 aromatic carbocycles. The molecule has 1 nitrogen and oxygen atoms in total. The van der Waals surface area contributed by atoms with E-state index in [1.54, 1.807) is 0 Å². The molecule has 72 valence electrons. The SMILES string of the molecule is C[C@H]1C=C[C@@H]2c3ccccc3O[C@]21C. The first-order valence-corrected chi connectivity index (χ1v) is 5.18. The van der Waals surface area contributed by atoms with Gasteiger partial charge in [0.15, 0.2) is 0 Å².